The highest BCUT2D eigenvalue weighted by molar-refractivity contribution is 5.97. The molecule has 42 heavy (non-hydrogen) atoms. The number of rotatable bonds is 8. The standard InChI is InChI=1S/C38H34N2O2/c41-37(33-17-9-3-10-18-33)29-35(23-21-31-13-5-1-6-14-31)39-25-27-40(28-26-39)36(24-22-32-15-7-2-8-16-32)30-38(42)34-19-11-4-12-20-34/h1-20,35-36H,25-30H2. The van der Waals surface area contributed by atoms with Gasteiger partial charge >= 0.3 is 0 Å². The van der Waals surface area contributed by atoms with Gasteiger partial charge in [0.2, 0.25) is 0 Å². The fourth-order valence-electron chi connectivity index (χ4n) is 5.11. The minimum absolute atomic E-state index is 0.0884. The maximum atomic E-state index is 13.2. The summed E-state index contributed by atoms with van der Waals surface area (Å²) in [5, 5.41) is 0. The molecule has 4 aromatic rings. The summed E-state index contributed by atoms with van der Waals surface area (Å²) in [5.41, 5.74) is 3.28. The molecule has 208 valence electrons. The summed E-state index contributed by atoms with van der Waals surface area (Å²) >= 11 is 0. The van der Waals surface area contributed by atoms with Crippen LogP contribution in [0.15, 0.2) is 121 Å². The molecular formula is C38H34N2O2. The summed E-state index contributed by atoms with van der Waals surface area (Å²) in [4.78, 5) is 31.0. The number of carbonyl (C=O) groups is 2. The van der Waals surface area contributed by atoms with Crippen LogP contribution in [0.5, 0.6) is 0 Å². The molecule has 0 spiro atoms. The van der Waals surface area contributed by atoms with Gasteiger partial charge in [0.25, 0.3) is 0 Å². The lowest BCUT2D eigenvalue weighted by atomic mass is 10.00. The van der Waals surface area contributed by atoms with E-state index in [1.54, 1.807) is 0 Å². The van der Waals surface area contributed by atoms with Crippen molar-refractivity contribution in [1.29, 1.82) is 0 Å². The van der Waals surface area contributed by atoms with Crippen LogP contribution in [0.2, 0.25) is 0 Å². The summed E-state index contributed by atoms with van der Waals surface area (Å²) in [6.45, 7) is 2.94. The summed E-state index contributed by atoms with van der Waals surface area (Å²) in [5.74, 6) is 13.6. The lowest BCUT2D eigenvalue weighted by Crippen LogP contribution is -2.53. The van der Waals surface area contributed by atoms with Crippen LogP contribution in [-0.4, -0.2) is 59.6 Å². The Morgan fingerprint density at radius 1 is 0.500 bits per heavy atom. The Balaban J connectivity index is 1.32. The van der Waals surface area contributed by atoms with Crippen molar-refractivity contribution in [2.45, 2.75) is 24.9 Å². The lowest BCUT2D eigenvalue weighted by Gasteiger charge is -2.39. The first-order chi connectivity index (χ1) is 20.7. The molecule has 1 saturated heterocycles. The van der Waals surface area contributed by atoms with Gasteiger partial charge in [-0.05, 0) is 24.3 Å². The van der Waals surface area contributed by atoms with Crippen molar-refractivity contribution in [3.8, 4) is 23.7 Å². The zero-order chi connectivity index (χ0) is 29.0. The van der Waals surface area contributed by atoms with Gasteiger partial charge < -0.3 is 0 Å². The molecule has 4 nitrogen and oxygen atoms in total. The van der Waals surface area contributed by atoms with Crippen LogP contribution in [0.3, 0.4) is 0 Å². The van der Waals surface area contributed by atoms with Gasteiger partial charge in [0.1, 0.15) is 0 Å². The molecule has 0 bridgehead atoms. The maximum absolute atomic E-state index is 13.2. The minimum Gasteiger partial charge on any atom is -0.294 e. The molecule has 4 heteroatoms. The normalized spacial score (nSPS) is 14.9. The fraction of sp³-hybridized carbons (Fsp3) is 0.211. The molecule has 0 aliphatic carbocycles. The predicted octanol–water partition coefficient (Wildman–Crippen LogP) is 5.99. The van der Waals surface area contributed by atoms with Gasteiger partial charge in [-0.3, -0.25) is 19.4 Å². The predicted molar refractivity (Wildman–Crippen MR) is 168 cm³/mol. The first kappa shape index (κ1) is 28.8. The largest absolute Gasteiger partial charge is 0.294 e. The Hall–Kier alpha value is -4.74. The Bertz CT molecular complexity index is 1450. The van der Waals surface area contributed by atoms with Crippen molar-refractivity contribution < 1.29 is 9.59 Å². The monoisotopic (exact) mass is 550 g/mol. The number of benzene rings is 4. The van der Waals surface area contributed by atoms with Gasteiger partial charge in [-0.25, -0.2) is 0 Å². The highest BCUT2D eigenvalue weighted by Gasteiger charge is 2.29. The van der Waals surface area contributed by atoms with Crippen molar-refractivity contribution in [1.82, 2.24) is 9.80 Å². The van der Waals surface area contributed by atoms with Crippen LogP contribution in [0.25, 0.3) is 0 Å². The second kappa shape index (κ2) is 14.8. The quantitative estimate of drug-likeness (QED) is 0.200. The number of ketones is 2. The highest BCUT2D eigenvalue weighted by Crippen LogP contribution is 2.17. The van der Waals surface area contributed by atoms with Crippen LogP contribution in [-0.2, 0) is 0 Å². The molecule has 1 fully saturated rings. The molecule has 1 heterocycles. The average molecular weight is 551 g/mol. The van der Waals surface area contributed by atoms with Crippen LogP contribution in [0.1, 0.15) is 44.7 Å². The summed E-state index contributed by atoms with van der Waals surface area (Å²) in [6, 6.07) is 38.2. The Morgan fingerprint density at radius 3 is 1.14 bits per heavy atom. The molecule has 0 N–H and O–H groups in total. The van der Waals surface area contributed by atoms with E-state index in [1.165, 1.54) is 0 Å². The van der Waals surface area contributed by atoms with Crippen molar-refractivity contribution in [3.05, 3.63) is 144 Å². The van der Waals surface area contributed by atoms with Crippen molar-refractivity contribution in [2.75, 3.05) is 26.2 Å². The van der Waals surface area contributed by atoms with Gasteiger partial charge in [-0.2, -0.15) is 0 Å². The Kier molecular flexibility index (Phi) is 10.1. The summed E-state index contributed by atoms with van der Waals surface area (Å²) in [7, 11) is 0. The van der Waals surface area contributed by atoms with E-state index in [0.717, 1.165) is 37.3 Å². The first-order valence-corrected chi connectivity index (χ1v) is 14.4. The Morgan fingerprint density at radius 2 is 0.810 bits per heavy atom. The Labute approximate surface area is 249 Å². The zero-order valence-corrected chi connectivity index (χ0v) is 23.7. The van der Waals surface area contributed by atoms with Crippen molar-refractivity contribution >= 4 is 11.6 Å². The van der Waals surface area contributed by atoms with Crippen LogP contribution in [0.4, 0.5) is 0 Å². The number of piperazine rings is 1. The number of hydrogen-bond donors (Lipinski definition) is 0. The number of nitrogens with zero attached hydrogens (tertiary/aromatic N) is 2. The number of Topliss-reactive ketones (excluding diaryl/α,β-unsaturated/α-hetero) is 2. The number of carbonyl (C=O) groups excluding carboxylic acids is 2. The molecular weight excluding hydrogens is 516 g/mol. The van der Waals surface area contributed by atoms with Gasteiger partial charge in [-0.15, -0.1) is 0 Å². The van der Waals surface area contributed by atoms with E-state index < -0.39 is 0 Å². The SMILES string of the molecule is O=C(CC(C#Cc1ccccc1)N1CCN(C(C#Cc2ccccc2)CC(=O)c2ccccc2)CC1)c1ccccc1. The van der Waals surface area contributed by atoms with Crippen LogP contribution in [0, 0.1) is 23.7 Å². The van der Waals surface area contributed by atoms with Gasteiger partial charge in [0.05, 0.1) is 12.1 Å². The fourth-order valence-corrected chi connectivity index (χ4v) is 5.11. The minimum atomic E-state index is -0.208. The molecule has 0 amide bonds. The summed E-state index contributed by atoms with van der Waals surface area (Å²) in [6.07, 6.45) is 0.654. The number of hydrogen-bond acceptors (Lipinski definition) is 4. The molecule has 0 radical (unpaired) electrons. The molecule has 2 unspecified atom stereocenters. The molecule has 1 aliphatic rings. The van der Waals surface area contributed by atoms with E-state index in [2.05, 4.69) is 33.5 Å². The third kappa shape index (κ3) is 8.15. The highest BCUT2D eigenvalue weighted by atomic mass is 16.1. The molecule has 2 atom stereocenters. The topological polar surface area (TPSA) is 40.6 Å². The van der Waals surface area contributed by atoms with Crippen LogP contribution < -0.4 is 0 Å². The average Bonchev–Trinajstić information content (AvgIpc) is 3.06. The van der Waals surface area contributed by atoms with Crippen molar-refractivity contribution in [2.24, 2.45) is 0 Å². The van der Waals surface area contributed by atoms with Gasteiger partial charge in [0, 0.05) is 61.3 Å². The van der Waals surface area contributed by atoms with E-state index in [0.29, 0.717) is 24.0 Å². The molecule has 0 saturated carbocycles. The van der Waals surface area contributed by atoms with E-state index in [4.69, 9.17) is 0 Å². The van der Waals surface area contributed by atoms with Crippen molar-refractivity contribution in [3.63, 3.8) is 0 Å². The van der Waals surface area contributed by atoms with Gasteiger partial charge in [-0.1, -0.05) is 121 Å². The zero-order valence-electron chi connectivity index (χ0n) is 23.7. The van der Waals surface area contributed by atoms with E-state index in [9.17, 15) is 9.59 Å². The molecule has 0 aromatic heterocycles. The summed E-state index contributed by atoms with van der Waals surface area (Å²) < 4.78 is 0. The van der Waals surface area contributed by atoms with E-state index in [-0.39, 0.29) is 23.7 Å². The van der Waals surface area contributed by atoms with Crippen LogP contribution >= 0.6 is 0 Å². The maximum Gasteiger partial charge on any atom is 0.165 e. The molecule has 4 aromatic carbocycles. The lowest BCUT2D eigenvalue weighted by molar-refractivity contribution is 0.0759. The van der Waals surface area contributed by atoms with Gasteiger partial charge in [0.15, 0.2) is 11.6 Å². The van der Waals surface area contributed by atoms with E-state index >= 15 is 0 Å². The third-order valence-corrected chi connectivity index (χ3v) is 7.49. The second-order valence-electron chi connectivity index (χ2n) is 10.4. The molecule has 1 aliphatic heterocycles. The van der Waals surface area contributed by atoms with E-state index in [1.807, 2.05) is 121 Å². The first-order valence-electron chi connectivity index (χ1n) is 14.4. The third-order valence-electron chi connectivity index (χ3n) is 7.49. The second-order valence-corrected chi connectivity index (χ2v) is 10.4. The smallest absolute Gasteiger partial charge is 0.165 e. The molecule has 5 rings (SSSR count).